The van der Waals surface area contributed by atoms with Crippen molar-refractivity contribution in [2.75, 3.05) is 37.6 Å². The first-order chi connectivity index (χ1) is 16.7. The summed E-state index contributed by atoms with van der Waals surface area (Å²) in [4.78, 5) is 32.0. The molecule has 0 spiro atoms. The van der Waals surface area contributed by atoms with Crippen LogP contribution in [0.2, 0.25) is 0 Å². The smallest absolute Gasteiger partial charge is 0.254 e. The minimum absolute atomic E-state index is 0.0172. The number of amides is 2. The van der Waals surface area contributed by atoms with Crippen molar-refractivity contribution < 1.29 is 9.59 Å². The highest BCUT2D eigenvalue weighted by Crippen LogP contribution is 2.28. The Labute approximate surface area is 200 Å². The highest BCUT2D eigenvalue weighted by molar-refractivity contribution is 5.97. The van der Waals surface area contributed by atoms with E-state index in [-0.39, 0.29) is 24.4 Å². The molecular weight excluding hydrogens is 426 g/mol. The van der Waals surface area contributed by atoms with Crippen molar-refractivity contribution in [1.82, 2.24) is 20.0 Å². The van der Waals surface area contributed by atoms with Gasteiger partial charge in [0, 0.05) is 43.3 Å². The van der Waals surface area contributed by atoms with E-state index in [0.29, 0.717) is 25.2 Å². The first kappa shape index (κ1) is 22.1. The average Bonchev–Trinajstić information content (AvgIpc) is 3.75. The third-order valence-corrected chi connectivity index (χ3v) is 6.47. The zero-order valence-corrected chi connectivity index (χ0v) is 19.2. The molecule has 2 amide bonds. The van der Waals surface area contributed by atoms with Gasteiger partial charge in [0.1, 0.15) is 6.54 Å². The molecule has 3 aromatic rings. The van der Waals surface area contributed by atoms with Crippen LogP contribution < -0.4 is 4.90 Å². The van der Waals surface area contributed by atoms with Gasteiger partial charge >= 0.3 is 0 Å². The number of carbonyl (C=O) groups is 2. The summed E-state index contributed by atoms with van der Waals surface area (Å²) in [6.45, 7) is 2.95. The Kier molecular flexibility index (Phi) is 6.51. The molecule has 0 N–H and O–H groups in total. The molecule has 2 fully saturated rings. The Balaban J connectivity index is 1.20. The van der Waals surface area contributed by atoms with Crippen molar-refractivity contribution in [2.45, 2.75) is 25.3 Å². The molecule has 0 unspecified atom stereocenters. The van der Waals surface area contributed by atoms with E-state index in [2.05, 4.69) is 15.1 Å². The number of nitrogens with zero attached hydrogens (tertiary/aromatic N) is 5. The summed E-state index contributed by atoms with van der Waals surface area (Å²) in [6.07, 6.45) is 2.79. The number of benzene rings is 2. The SMILES string of the molecule is O=C(CN(C(=O)c1ccccc1)C1CC1)N1CCCN(c2ccc(-c3ccccc3)nn2)CC1. The van der Waals surface area contributed by atoms with Crippen LogP contribution in [0.15, 0.2) is 72.8 Å². The molecule has 5 rings (SSSR count). The fourth-order valence-electron chi connectivity index (χ4n) is 4.40. The van der Waals surface area contributed by atoms with E-state index in [1.807, 2.05) is 77.7 Å². The molecule has 174 valence electrons. The quantitative estimate of drug-likeness (QED) is 0.569. The monoisotopic (exact) mass is 455 g/mol. The third-order valence-electron chi connectivity index (χ3n) is 6.47. The maximum Gasteiger partial charge on any atom is 0.254 e. The predicted octanol–water partition coefficient (Wildman–Crippen LogP) is 3.49. The average molecular weight is 456 g/mol. The van der Waals surface area contributed by atoms with Crippen LogP contribution in [0.1, 0.15) is 29.6 Å². The summed E-state index contributed by atoms with van der Waals surface area (Å²) in [7, 11) is 0. The van der Waals surface area contributed by atoms with Crippen molar-refractivity contribution in [3.05, 3.63) is 78.4 Å². The van der Waals surface area contributed by atoms with Gasteiger partial charge in [-0.05, 0) is 43.5 Å². The van der Waals surface area contributed by atoms with Crippen molar-refractivity contribution in [3.63, 3.8) is 0 Å². The summed E-state index contributed by atoms with van der Waals surface area (Å²) in [5.74, 6) is 0.790. The van der Waals surface area contributed by atoms with Gasteiger partial charge in [-0.1, -0.05) is 48.5 Å². The van der Waals surface area contributed by atoms with Gasteiger partial charge in [-0.2, -0.15) is 0 Å². The standard InChI is InChI=1S/C27H29N5O2/c33-26(20-32(23-12-13-23)27(34)22-10-5-2-6-11-22)31-17-7-16-30(18-19-31)25-15-14-24(28-29-25)21-8-3-1-4-9-21/h1-6,8-11,14-15,23H,7,12-13,16-20H2. The molecule has 1 aliphatic carbocycles. The van der Waals surface area contributed by atoms with Crippen LogP contribution in [0.4, 0.5) is 5.82 Å². The van der Waals surface area contributed by atoms with E-state index in [9.17, 15) is 9.59 Å². The van der Waals surface area contributed by atoms with E-state index in [0.717, 1.165) is 42.9 Å². The second-order valence-corrected chi connectivity index (χ2v) is 8.89. The van der Waals surface area contributed by atoms with Crippen LogP contribution in [-0.4, -0.2) is 70.6 Å². The normalized spacial score (nSPS) is 16.1. The van der Waals surface area contributed by atoms with Gasteiger partial charge < -0.3 is 14.7 Å². The molecule has 1 aromatic heterocycles. The first-order valence-electron chi connectivity index (χ1n) is 12.0. The Morgan fingerprint density at radius 1 is 0.824 bits per heavy atom. The van der Waals surface area contributed by atoms with Crippen LogP contribution in [0, 0.1) is 0 Å². The van der Waals surface area contributed by atoms with Crippen LogP contribution in [0.3, 0.4) is 0 Å². The van der Waals surface area contributed by atoms with Crippen molar-refractivity contribution in [3.8, 4) is 11.3 Å². The lowest BCUT2D eigenvalue weighted by molar-refractivity contribution is -0.131. The fraction of sp³-hybridized carbons (Fsp3) is 0.333. The van der Waals surface area contributed by atoms with Crippen LogP contribution in [0.25, 0.3) is 11.3 Å². The molecule has 7 nitrogen and oxygen atoms in total. The topological polar surface area (TPSA) is 69.6 Å². The van der Waals surface area contributed by atoms with Crippen LogP contribution in [-0.2, 0) is 4.79 Å². The molecule has 0 radical (unpaired) electrons. The van der Waals surface area contributed by atoms with Crippen LogP contribution >= 0.6 is 0 Å². The van der Waals surface area contributed by atoms with Gasteiger partial charge in [0.05, 0.1) is 5.69 Å². The van der Waals surface area contributed by atoms with E-state index in [1.54, 1.807) is 4.90 Å². The lowest BCUT2D eigenvalue weighted by Crippen LogP contribution is -2.45. The van der Waals surface area contributed by atoms with Gasteiger partial charge in [-0.25, -0.2) is 0 Å². The zero-order valence-electron chi connectivity index (χ0n) is 19.2. The fourth-order valence-corrected chi connectivity index (χ4v) is 4.40. The minimum atomic E-state index is -0.0540. The Hall–Kier alpha value is -3.74. The number of anilines is 1. The maximum absolute atomic E-state index is 13.2. The number of carbonyl (C=O) groups excluding carboxylic acids is 2. The largest absolute Gasteiger partial charge is 0.353 e. The van der Waals surface area contributed by atoms with Gasteiger partial charge in [0.25, 0.3) is 5.91 Å². The second kappa shape index (κ2) is 10.0. The van der Waals surface area contributed by atoms with E-state index >= 15 is 0 Å². The third kappa shape index (κ3) is 5.09. The molecule has 2 heterocycles. The molecule has 1 saturated heterocycles. The second-order valence-electron chi connectivity index (χ2n) is 8.89. The molecule has 0 bridgehead atoms. The number of aromatic nitrogens is 2. The molecule has 1 aliphatic heterocycles. The van der Waals surface area contributed by atoms with E-state index < -0.39 is 0 Å². The van der Waals surface area contributed by atoms with Crippen LogP contribution in [0.5, 0.6) is 0 Å². The summed E-state index contributed by atoms with van der Waals surface area (Å²) in [6, 6.07) is 23.4. The molecular formula is C27H29N5O2. The summed E-state index contributed by atoms with van der Waals surface area (Å²) in [5.41, 5.74) is 2.53. The minimum Gasteiger partial charge on any atom is -0.353 e. The molecule has 34 heavy (non-hydrogen) atoms. The Bertz CT molecular complexity index is 1120. The predicted molar refractivity (Wildman–Crippen MR) is 131 cm³/mol. The molecule has 2 aliphatic rings. The zero-order chi connectivity index (χ0) is 23.3. The van der Waals surface area contributed by atoms with Gasteiger partial charge in [0.2, 0.25) is 5.91 Å². The Morgan fingerprint density at radius 3 is 2.24 bits per heavy atom. The summed E-state index contributed by atoms with van der Waals surface area (Å²) < 4.78 is 0. The highest BCUT2D eigenvalue weighted by Gasteiger charge is 2.35. The number of rotatable bonds is 6. The number of hydrogen-bond acceptors (Lipinski definition) is 5. The Morgan fingerprint density at radius 2 is 1.56 bits per heavy atom. The van der Waals surface area contributed by atoms with E-state index in [4.69, 9.17) is 0 Å². The van der Waals surface area contributed by atoms with Gasteiger partial charge in [0.15, 0.2) is 5.82 Å². The number of hydrogen-bond donors (Lipinski definition) is 0. The van der Waals surface area contributed by atoms with Gasteiger partial charge in [-0.3, -0.25) is 9.59 Å². The van der Waals surface area contributed by atoms with Gasteiger partial charge in [-0.15, -0.1) is 10.2 Å². The lowest BCUT2D eigenvalue weighted by Gasteiger charge is -2.27. The molecule has 1 saturated carbocycles. The molecule has 0 atom stereocenters. The van der Waals surface area contributed by atoms with E-state index in [1.165, 1.54) is 0 Å². The first-order valence-corrected chi connectivity index (χ1v) is 12.0. The lowest BCUT2D eigenvalue weighted by atomic mass is 10.1. The van der Waals surface area contributed by atoms with Crippen molar-refractivity contribution >= 4 is 17.6 Å². The molecule has 7 heteroatoms. The highest BCUT2D eigenvalue weighted by atomic mass is 16.2. The maximum atomic E-state index is 13.2. The van der Waals surface area contributed by atoms with Crippen molar-refractivity contribution in [2.24, 2.45) is 0 Å². The molecule has 2 aromatic carbocycles. The summed E-state index contributed by atoms with van der Waals surface area (Å²) in [5, 5.41) is 8.85. The van der Waals surface area contributed by atoms with Crippen molar-refractivity contribution in [1.29, 1.82) is 0 Å². The summed E-state index contributed by atoms with van der Waals surface area (Å²) >= 11 is 0.